The maximum atomic E-state index is 4.73. The number of hydrogen-bond donors (Lipinski definition) is 3. The summed E-state index contributed by atoms with van der Waals surface area (Å²) in [5, 5.41) is 10.5. The molecule has 0 spiro atoms. The van der Waals surface area contributed by atoms with Crippen LogP contribution in [0, 0.1) is 0 Å². The van der Waals surface area contributed by atoms with Crippen molar-refractivity contribution in [3.05, 3.63) is 35.9 Å². The SMILES string of the molecule is CCNC(=NCCNC(C)(C)C)NC1CC(C)N(Cc2ccccc2)C1. The summed E-state index contributed by atoms with van der Waals surface area (Å²) < 4.78 is 0. The van der Waals surface area contributed by atoms with E-state index in [2.05, 4.69) is 85.8 Å². The summed E-state index contributed by atoms with van der Waals surface area (Å²) in [4.78, 5) is 7.28. The van der Waals surface area contributed by atoms with Crippen LogP contribution in [0.3, 0.4) is 0 Å². The molecule has 26 heavy (non-hydrogen) atoms. The zero-order valence-corrected chi connectivity index (χ0v) is 17.2. The lowest BCUT2D eigenvalue weighted by atomic mass is 10.1. The second kappa shape index (κ2) is 9.93. The van der Waals surface area contributed by atoms with Gasteiger partial charge >= 0.3 is 0 Å². The van der Waals surface area contributed by atoms with E-state index in [4.69, 9.17) is 4.99 Å². The van der Waals surface area contributed by atoms with E-state index in [1.54, 1.807) is 0 Å². The van der Waals surface area contributed by atoms with Gasteiger partial charge in [-0.05, 0) is 46.6 Å². The van der Waals surface area contributed by atoms with Gasteiger partial charge in [-0.1, -0.05) is 30.3 Å². The quantitative estimate of drug-likeness (QED) is 0.398. The molecule has 0 radical (unpaired) electrons. The Morgan fingerprint density at radius 3 is 2.62 bits per heavy atom. The first-order valence-corrected chi connectivity index (χ1v) is 9.95. The van der Waals surface area contributed by atoms with Crippen molar-refractivity contribution in [2.24, 2.45) is 4.99 Å². The molecular weight excluding hydrogens is 322 g/mol. The number of nitrogens with one attached hydrogen (secondary N) is 3. The number of rotatable bonds is 7. The van der Waals surface area contributed by atoms with Gasteiger partial charge in [-0.3, -0.25) is 9.89 Å². The second-order valence-corrected chi connectivity index (χ2v) is 8.28. The predicted molar refractivity (Wildman–Crippen MR) is 112 cm³/mol. The molecule has 2 rings (SSSR count). The van der Waals surface area contributed by atoms with E-state index in [9.17, 15) is 0 Å². The van der Waals surface area contributed by atoms with E-state index in [-0.39, 0.29) is 5.54 Å². The van der Waals surface area contributed by atoms with E-state index in [1.165, 1.54) is 5.56 Å². The number of nitrogens with zero attached hydrogens (tertiary/aromatic N) is 2. The van der Waals surface area contributed by atoms with Crippen LogP contribution in [0.15, 0.2) is 35.3 Å². The molecule has 1 saturated heterocycles. The van der Waals surface area contributed by atoms with Crippen LogP contribution >= 0.6 is 0 Å². The third kappa shape index (κ3) is 7.34. The van der Waals surface area contributed by atoms with Crippen LogP contribution in [0.1, 0.15) is 46.6 Å². The highest BCUT2D eigenvalue weighted by Gasteiger charge is 2.29. The first kappa shape index (κ1) is 20.7. The van der Waals surface area contributed by atoms with Crippen molar-refractivity contribution < 1.29 is 0 Å². The van der Waals surface area contributed by atoms with E-state index in [0.717, 1.165) is 45.1 Å². The van der Waals surface area contributed by atoms with Crippen LogP contribution in [0.4, 0.5) is 0 Å². The van der Waals surface area contributed by atoms with Crippen molar-refractivity contribution >= 4 is 5.96 Å². The van der Waals surface area contributed by atoms with Crippen molar-refractivity contribution in [1.29, 1.82) is 0 Å². The highest BCUT2D eigenvalue weighted by Crippen LogP contribution is 2.20. The second-order valence-electron chi connectivity index (χ2n) is 8.28. The lowest BCUT2D eigenvalue weighted by molar-refractivity contribution is 0.258. The van der Waals surface area contributed by atoms with E-state index < -0.39 is 0 Å². The first-order chi connectivity index (χ1) is 12.4. The lowest BCUT2D eigenvalue weighted by Crippen LogP contribution is -2.45. The molecule has 1 aromatic rings. The van der Waals surface area contributed by atoms with Gasteiger partial charge in [0.1, 0.15) is 0 Å². The van der Waals surface area contributed by atoms with E-state index in [1.807, 2.05) is 0 Å². The summed E-state index contributed by atoms with van der Waals surface area (Å²) in [5.74, 6) is 0.932. The topological polar surface area (TPSA) is 51.7 Å². The summed E-state index contributed by atoms with van der Waals surface area (Å²) in [6, 6.07) is 11.8. The Morgan fingerprint density at radius 2 is 1.96 bits per heavy atom. The first-order valence-electron chi connectivity index (χ1n) is 9.95. The summed E-state index contributed by atoms with van der Waals surface area (Å²) in [5.41, 5.74) is 1.52. The molecule has 0 aromatic heterocycles. The molecule has 146 valence electrons. The molecule has 1 aliphatic heterocycles. The maximum absolute atomic E-state index is 4.73. The summed E-state index contributed by atoms with van der Waals surface area (Å²) in [6.07, 6.45) is 1.15. The molecule has 0 saturated carbocycles. The third-order valence-electron chi connectivity index (χ3n) is 4.65. The minimum absolute atomic E-state index is 0.139. The summed E-state index contributed by atoms with van der Waals surface area (Å²) in [6.45, 7) is 15.6. The molecular formula is C21H37N5. The zero-order valence-electron chi connectivity index (χ0n) is 17.2. The van der Waals surface area contributed by atoms with Crippen molar-refractivity contribution in [2.75, 3.05) is 26.2 Å². The Balaban J connectivity index is 1.84. The van der Waals surface area contributed by atoms with Crippen LogP contribution in [-0.4, -0.2) is 54.7 Å². The standard InChI is InChI=1S/C21H37N5/c1-6-22-20(23-12-13-24-21(3,4)5)25-19-14-17(2)26(16-19)15-18-10-8-7-9-11-18/h7-11,17,19,24H,6,12-16H2,1-5H3,(H2,22,23,25). The van der Waals surface area contributed by atoms with Gasteiger partial charge in [0.25, 0.3) is 0 Å². The van der Waals surface area contributed by atoms with Crippen molar-refractivity contribution in [3.63, 3.8) is 0 Å². The van der Waals surface area contributed by atoms with Gasteiger partial charge in [0.15, 0.2) is 5.96 Å². The summed E-state index contributed by atoms with van der Waals surface area (Å²) in [7, 11) is 0. The van der Waals surface area contributed by atoms with Crippen molar-refractivity contribution in [1.82, 2.24) is 20.9 Å². The Bertz CT molecular complexity index is 549. The molecule has 5 heteroatoms. The molecule has 0 aliphatic carbocycles. The zero-order chi connectivity index (χ0) is 19.0. The fourth-order valence-electron chi connectivity index (χ4n) is 3.35. The molecule has 1 aliphatic rings. The van der Waals surface area contributed by atoms with Crippen molar-refractivity contribution in [3.8, 4) is 0 Å². The minimum Gasteiger partial charge on any atom is -0.357 e. The predicted octanol–water partition coefficient (Wildman–Crippen LogP) is 2.59. The monoisotopic (exact) mass is 359 g/mol. The van der Waals surface area contributed by atoms with Gasteiger partial charge < -0.3 is 16.0 Å². The smallest absolute Gasteiger partial charge is 0.191 e. The molecule has 3 N–H and O–H groups in total. The van der Waals surface area contributed by atoms with Gasteiger partial charge in [-0.2, -0.15) is 0 Å². The van der Waals surface area contributed by atoms with E-state index in [0.29, 0.717) is 12.1 Å². The fourth-order valence-corrected chi connectivity index (χ4v) is 3.35. The number of hydrogen-bond acceptors (Lipinski definition) is 3. The van der Waals surface area contributed by atoms with Crippen LogP contribution in [0.2, 0.25) is 0 Å². The maximum Gasteiger partial charge on any atom is 0.191 e. The molecule has 1 heterocycles. The highest BCUT2D eigenvalue weighted by atomic mass is 15.3. The Labute approximate surface area is 159 Å². The Hall–Kier alpha value is -1.59. The third-order valence-corrected chi connectivity index (χ3v) is 4.65. The molecule has 2 atom stereocenters. The largest absolute Gasteiger partial charge is 0.357 e. The molecule has 2 unspecified atom stereocenters. The summed E-state index contributed by atoms with van der Waals surface area (Å²) >= 11 is 0. The number of aliphatic imine (C=N–C) groups is 1. The fraction of sp³-hybridized carbons (Fsp3) is 0.667. The average Bonchev–Trinajstić information content (AvgIpc) is 2.91. The number of guanidine groups is 1. The number of likely N-dealkylation sites (tertiary alicyclic amines) is 1. The number of benzene rings is 1. The molecule has 1 aromatic carbocycles. The normalized spacial score (nSPS) is 21.8. The van der Waals surface area contributed by atoms with E-state index >= 15 is 0 Å². The van der Waals surface area contributed by atoms with Gasteiger partial charge in [-0.25, -0.2) is 0 Å². The molecule has 5 nitrogen and oxygen atoms in total. The van der Waals surface area contributed by atoms with Gasteiger partial charge in [-0.15, -0.1) is 0 Å². The van der Waals surface area contributed by atoms with Crippen LogP contribution in [0.25, 0.3) is 0 Å². The Kier molecular flexibility index (Phi) is 7.91. The molecule has 1 fully saturated rings. The molecule has 0 bridgehead atoms. The van der Waals surface area contributed by atoms with Crippen LogP contribution in [0.5, 0.6) is 0 Å². The van der Waals surface area contributed by atoms with Gasteiger partial charge in [0.2, 0.25) is 0 Å². The van der Waals surface area contributed by atoms with Gasteiger partial charge in [0, 0.05) is 43.8 Å². The van der Waals surface area contributed by atoms with Crippen LogP contribution in [-0.2, 0) is 6.54 Å². The lowest BCUT2D eigenvalue weighted by Gasteiger charge is -2.21. The van der Waals surface area contributed by atoms with Crippen LogP contribution < -0.4 is 16.0 Å². The van der Waals surface area contributed by atoms with Gasteiger partial charge in [0.05, 0.1) is 6.54 Å². The Morgan fingerprint density at radius 1 is 1.23 bits per heavy atom. The van der Waals surface area contributed by atoms with Crippen molar-refractivity contribution in [2.45, 2.75) is 65.2 Å². The highest BCUT2D eigenvalue weighted by molar-refractivity contribution is 5.80. The molecule has 0 amide bonds. The minimum atomic E-state index is 0.139. The average molecular weight is 360 g/mol.